The Kier molecular flexibility index (Phi) is 5.44. The van der Waals surface area contributed by atoms with E-state index in [9.17, 15) is 0 Å². The highest BCUT2D eigenvalue weighted by Gasteiger charge is 2.43. The maximum atomic E-state index is 2.61. The fourth-order valence-electron chi connectivity index (χ4n) is 8.95. The van der Waals surface area contributed by atoms with Gasteiger partial charge in [0.05, 0.1) is 22.4 Å². The number of aromatic nitrogens is 1. The SMILES string of the molecule is CC1(C)c2cccc3c2-n2c4c1cccc4c1cc(-c4ccc(N(c5ccccc5)c5ccccc5)c5ccccc45)cc(c12)C3(C)C. The number of fused-ring (bicyclic) bond motifs is 2. The summed E-state index contributed by atoms with van der Waals surface area (Å²) in [4.78, 5) is 2.38. The molecule has 2 aliphatic rings. The second kappa shape index (κ2) is 9.49. The van der Waals surface area contributed by atoms with Gasteiger partial charge in [-0.25, -0.2) is 0 Å². The third kappa shape index (κ3) is 3.47. The summed E-state index contributed by atoms with van der Waals surface area (Å²) in [6.45, 7) is 9.63. The van der Waals surface area contributed by atoms with Crippen molar-refractivity contribution < 1.29 is 0 Å². The highest BCUT2D eigenvalue weighted by atomic mass is 15.1. The maximum absolute atomic E-state index is 2.61. The van der Waals surface area contributed by atoms with Crippen molar-refractivity contribution in [2.24, 2.45) is 0 Å². The standard InChI is InChI=1S/C46H36N2/c1-45(2)37-22-13-21-35-36-27-29(28-40-43(36)48(42(35)37)44-38(45)23-14-24-39(44)46(40,3)4)32-25-26-41(34-20-12-11-19-33(32)34)47(30-15-7-5-8-16-30)31-17-9-6-10-18-31/h5-28H,1-4H3. The molecule has 0 aliphatic carbocycles. The number of hydrogen-bond donors (Lipinski definition) is 0. The van der Waals surface area contributed by atoms with E-state index < -0.39 is 0 Å². The normalized spacial score (nSPS) is 15.0. The van der Waals surface area contributed by atoms with Crippen LogP contribution in [-0.2, 0) is 10.8 Å². The molecule has 48 heavy (non-hydrogen) atoms. The first kappa shape index (κ1) is 27.5. The fraction of sp³-hybridized carbons (Fsp3) is 0.130. The Bertz CT molecular complexity index is 2560. The highest BCUT2D eigenvalue weighted by molar-refractivity contribution is 6.16. The first-order chi connectivity index (χ1) is 23.4. The summed E-state index contributed by atoms with van der Waals surface area (Å²) in [5.74, 6) is 0. The zero-order valence-corrected chi connectivity index (χ0v) is 27.8. The molecule has 2 heteroatoms. The molecular weight excluding hydrogens is 581 g/mol. The molecule has 0 atom stereocenters. The molecule has 2 aliphatic heterocycles. The Morgan fingerprint density at radius 2 is 0.979 bits per heavy atom. The summed E-state index contributed by atoms with van der Waals surface area (Å²) in [5.41, 5.74) is 15.5. The van der Waals surface area contributed by atoms with Gasteiger partial charge >= 0.3 is 0 Å². The average molecular weight is 617 g/mol. The van der Waals surface area contributed by atoms with Crippen molar-refractivity contribution in [1.29, 1.82) is 0 Å². The van der Waals surface area contributed by atoms with Crippen molar-refractivity contribution in [3.63, 3.8) is 0 Å². The molecular formula is C46H36N2. The zero-order valence-electron chi connectivity index (χ0n) is 27.8. The van der Waals surface area contributed by atoms with Crippen LogP contribution in [0.15, 0.2) is 146 Å². The van der Waals surface area contributed by atoms with Crippen LogP contribution in [0.25, 0.3) is 49.4 Å². The minimum atomic E-state index is -0.162. The lowest BCUT2D eigenvalue weighted by molar-refractivity contribution is 0.594. The molecule has 0 saturated carbocycles. The van der Waals surface area contributed by atoms with Crippen LogP contribution in [-0.4, -0.2) is 4.57 Å². The Labute approximate surface area is 281 Å². The summed E-state index contributed by atoms with van der Waals surface area (Å²) in [7, 11) is 0. The van der Waals surface area contributed by atoms with Crippen molar-refractivity contribution in [3.8, 4) is 16.8 Å². The van der Waals surface area contributed by atoms with E-state index >= 15 is 0 Å². The van der Waals surface area contributed by atoms with Crippen LogP contribution in [0.3, 0.4) is 0 Å². The minimum absolute atomic E-state index is 0.0823. The van der Waals surface area contributed by atoms with Gasteiger partial charge in [0.1, 0.15) is 0 Å². The smallest absolute Gasteiger partial charge is 0.0582 e. The van der Waals surface area contributed by atoms with Crippen molar-refractivity contribution in [3.05, 3.63) is 168 Å². The van der Waals surface area contributed by atoms with E-state index in [0.29, 0.717) is 0 Å². The largest absolute Gasteiger partial charge is 0.310 e. The Balaban J connectivity index is 1.28. The van der Waals surface area contributed by atoms with Gasteiger partial charge in [0.15, 0.2) is 0 Å². The quantitative estimate of drug-likeness (QED) is 0.191. The van der Waals surface area contributed by atoms with Crippen LogP contribution >= 0.6 is 0 Å². The predicted molar refractivity (Wildman–Crippen MR) is 203 cm³/mol. The Hall–Kier alpha value is -5.60. The minimum Gasteiger partial charge on any atom is -0.310 e. The molecule has 2 nitrogen and oxygen atoms in total. The molecule has 230 valence electrons. The van der Waals surface area contributed by atoms with Gasteiger partial charge in [-0.2, -0.15) is 0 Å². The highest BCUT2D eigenvalue weighted by Crippen LogP contribution is 2.56. The Morgan fingerprint density at radius 3 is 1.67 bits per heavy atom. The summed E-state index contributed by atoms with van der Waals surface area (Å²) in [5, 5.41) is 5.17. The second-order valence-corrected chi connectivity index (χ2v) is 14.6. The average Bonchev–Trinajstić information content (AvgIpc) is 3.45. The van der Waals surface area contributed by atoms with E-state index in [-0.39, 0.29) is 10.8 Å². The molecule has 0 spiro atoms. The van der Waals surface area contributed by atoms with Gasteiger partial charge in [-0.1, -0.05) is 131 Å². The van der Waals surface area contributed by atoms with Crippen molar-refractivity contribution >= 4 is 49.6 Å². The van der Waals surface area contributed by atoms with Gasteiger partial charge in [-0.15, -0.1) is 0 Å². The number of hydrogen-bond acceptors (Lipinski definition) is 1. The molecule has 0 fully saturated rings. The summed E-state index contributed by atoms with van der Waals surface area (Å²) < 4.78 is 2.61. The number of anilines is 3. The Morgan fingerprint density at radius 1 is 0.438 bits per heavy atom. The molecule has 0 radical (unpaired) electrons. The van der Waals surface area contributed by atoms with E-state index in [2.05, 4.69) is 183 Å². The molecule has 0 unspecified atom stereocenters. The van der Waals surface area contributed by atoms with Gasteiger partial charge in [0, 0.05) is 38.4 Å². The van der Waals surface area contributed by atoms with E-state index in [1.807, 2.05) is 0 Å². The first-order valence-corrected chi connectivity index (χ1v) is 17.0. The van der Waals surface area contributed by atoms with E-state index in [1.165, 1.54) is 77.3 Å². The van der Waals surface area contributed by atoms with Crippen LogP contribution in [0.4, 0.5) is 17.1 Å². The summed E-state index contributed by atoms with van der Waals surface area (Å²) >= 11 is 0. The van der Waals surface area contributed by atoms with Crippen molar-refractivity contribution in [2.45, 2.75) is 38.5 Å². The van der Waals surface area contributed by atoms with E-state index in [1.54, 1.807) is 0 Å². The molecule has 3 heterocycles. The van der Waals surface area contributed by atoms with Crippen molar-refractivity contribution in [1.82, 2.24) is 4.57 Å². The fourth-order valence-corrected chi connectivity index (χ4v) is 8.95. The molecule has 8 aromatic rings. The monoisotopic (exact) mass is 616 g/mol. The third-order valence-electron chi connectivity index (χ3n) is 11.3. The topological polar surface area (TPSA) is 8.17 Å². The van der Waals surface area contributed by atoms with Crippen LogP contribution in [0.5, 0.6) is 0 Å². The molecule has 0 bridgehead atoms. The maximum Gasteiger partial charge on any atom is 0.0582 e. The molecule has 10 rings (SSSR count). The van der Waals surface area contributed by atoms with Crippen LogP contribution in [0, 0.1) is 0 Å². The van der Waals surface area contributed by atoms with Crippen LogP contribution in [0.2, 0.25) is 0 Å². The summed E-state index contributed by atoms with van der Waals surface area (Å²) in [6.07, 6.45) is 0. The van der Waals surface area contributed by atoms with Crippen LogP contribution < -0.4 is 4.90 Å². The number of para-hydroxylation sites is 4. The second-order valence-electron chi connectivity index (χ2n) is 14.6. The predicted octanol–water partition coefficient (Wildman–Crippen LogP) is 12.4. The molecule has 0 amide bonds. The first-order valence-electron chi connectivity index (χ1n) is 17.0. The van der Waals surface area contributed by atoms with E-state index in [0.717, 1.165) is 11.4 Å². The van der Waals surface area contributed by atoms with Gasteiger partial charge in [0.2, 0.25) is 0 Å². The molecule has 0 N–H and O–H groups in total. The molecule has 7 aromatic carbocycles. The summed E-state index contributed by atoms with van der Waals surface area (Å²) in [6, 6.07) is 53.9. The van der Waals surface area contributed by atoms with Gasteiger partial charge in [0.25, 0.3) is 0 Å². The molecule has 0 saturated heterocycles. The van der Waals surface area contributed by atoms with E-state index in [4.69, 9.17) is 0 Å². The lowest BCUT2D eigenvalue weighted by Gasteiger charge is -2.42. The zero-order chi connectivity index (χ0) is 32.4. The number of benzene rings is 7. The van der Waals surface area contributed by atoms with Crippen molar-refractivity contribution in [2.75, 3.05) is 4.90 Å². The van der Waals surface area contributed by atoms with Crippen LogP contribution in [0.1, 0.15) is 49.9 Å². The lowest BCUT2D eigenvalue weighted by atomic mass is 9.68. The lowest BCUT2D eigenvalue weighted by Crippen LogP contribution is -2.33. The number of nitrogens with zero attached hydrogens (tertiary/aromatic N) is 2. The van der Waals surface area contributed by atoms with Gasteiger partial charge in [-0.3, -0.25) is 0 Å². The van der Waals surface area contributed by atoms with Gasteiger partial charge < -0.3 is 9.47 Å². The number of rotatable bonds is 4. The molecule has 1 aromatic heterocycles. The third-order valence-corrected chi connectivity index (χ3v) is 11.3. The van der Waals surface area contributed by atoms with Gasteiger partial charge in [-0.05, 0) is 81.2 Å².